The van der Waals surface area contributed by atoms with Gasteiger partial charge in [0.15, 0.2) is 5.78 Å². The van der Waals surface area contributed by atoms with Crippen LogP contribution in [-0.4, -0.2) is 31.8 Å². The normalized spacial score (nSPS) is 9.74. The number of aliphatic imine (C=N–C) groups is 1. The summed E-state index contributed by atoms with van der Waals surface area (Å²) in [7, 11) is -0.112. The molecule has 0 heterocycles. The molecule has 0 radical (unpaired) electrons. The SMILES string of the molecule is Brc1ccc(N=C(c2ccccc2)c2ccccc2)cc1.C.CO.C[Si](C)(C)c1ccc(N)cc1.Nc1ccc(Br)cc1.O=C(c1ccccc1)c1ccccc1. The van der Waals surface area contributed by atoms with Crippen LogP contribution in [0, 0.1) is 0 Å². The van der Waals surface area contributed by atoms with Gasteiger partial charge in [0.05, 0.1) is 19.5 Å². The van der Waals surface area contributed by atoms with Gasteiger partial charge in [-0.15, -0.1) is 0 Å². The van der Waals surface area contributed by atoms with Crippen molar-refractivity contribution >= 4 is 73.7 Å². The molecule has 8 heteroatoms. The van der Waals surface area contributed by atoms with Crippen LogP contribution >= 0.6 is 31.9 Å². The van der Waals surface area contributed by atoms with Gasteiger partial charge in [-0.25, -0.2) is 4.99 Å². The van der Waals surface area contributed by atoms with Crippen molar-refractivity contribution in [3.63, 3.8) is 0 Å². The van der Waals surface area contributed by atoms with Crippen molar-refractivity contribution in [3.05, 3.63) is 225 Å². The maximum absolute atomic E-state index is 11.8. The number of carbonyl (C=O) groups is 1. The fraction of sp³-hybridized carbons (Fsp3) is 0.102. The van der Waals surface area contributed by atoms with Crippen LogP contribution in [0.25, 0.3) is 0 Å². The minimum Gasteiger partial charge on any atom is -0.400 e. The van der Waals surface area contributed by atoms with E-state index >= 15 is 0 Å². The predicted octanol–water partition coefficient (Wildman–Crippen LogP) is 12.6. The summed E-state index contributed by atoms with van der Waals surface area (Å²) in [5, 5.41) is 8.46. The molecule has 7 aromatic rings. The van der Waals surface area contributed by atoms with Crippen molar-refractivity contribution < 1.29 is 9.90 Å². The zero-order valence-corrected chi connectivity index (χ0v) is 36.4. The van der Waals surface area contributed by atoms with E-state index in [-0.39, 0.29) is 13.2 Å². The third kappa shape index (κ3) is 17.5. The zero-order valence-electron chi connectivity index (χ0n) is 32.2. The van der Waals surface area contributed by atoms with Crippen LogP contribution in [0.1, 0.15) is 34.5 Å². The molecule has 0 aliphatic carbocycles. The fourth-order valence-electron chi connectivity index (χ4n) is 4.92. The van der Waals surface area contributed by atoms with Crippen LogP contribution in [0.3, 0.4) is 0 Å². The number of aliphatic hydroxyl groups excluding tert-OH is 1. The maximum Gasteiger partial charge on any atom is 0.193 e. The highest BCUT2D eigenvalue weighted by atomic mass is 79.9. The number of aliphatic hydroxyl groups is 1. The van der Waals surface area contributed by atoms with Gasteiger partial charge in [0.25, 0.3) is 0 Å². The number of benzene rings is 7. The first-order chi connectivity index (χ1) is 27.0. The second-order valence-electron chi connectivity index (χ2n) is 13.2. The summed E-state index contributed by atoms with van der Waals surface area (Å²) in [5.74, 6) is 0.0752. The average Bonchev–Trinajstić information content (AvgIpc) is 3.24. The van der Waals surface area contributed by atoms with Crippen molar-refractivity contribution in [2.45, 2.75) is 27.1 Å². The molecule has 7 aromatic carbocycles. The Morgan fingerprint density at radius 3 is 1.09 bits per heavy atom. The molecule has 5 N–H and O–H groups in total. The highest BCUT2D eigenvalue weighted by Crippen LogP contribution is 2.21. The van der Waals surface area contributed by atoms with Gasteiger partial charge in [-0.2, -0.15) is 0 Å². The van der Waals surface area contributed by atoms with Crippen molar-refractivity contribution in [2.75, 3.05) is 18.6 Å². The van der Waals surface area contributed by atoms with Gasteiger partial charge < -0.3 is 16.6 Å². The number of nitrogen functional groups attached to an aromatic ring is 2. The quantitative estimate of drug-likeness (QED) is 0.0669. The fourth-order valence-corrected chi connectivity index (χ4v) is 6.62. The van der Waals surface area contributed by atoms with Gasteiger partial charge in [-0.3, -0.25) is 4.79 Å². The first kappa shape index (κ1) is 47.8. The molecule has 0 aromatic heterocycles. The van der Waals surface area contributed by atoms with E-state index in [1.807, 2.05) is 158 Å². The van der Waals surface area contributed by atoms with Gasteiger partial charge in [0, 0.05) is 49.7 Å². The Morgan fingerprint density at radius 1 is 0.474 bits per heavy atom. The minimum absolute atomic E-state index is 0. The average molecular weight is 904 g/mol. The molecular formula is C49H53Br2N3O2Si. The molecule has 0 aliphatic rings. The summed E-state index contributed by atoms with van der Waals surface area (Å²) in [6.45, 7) is 7.00. The van der Waals surface area contributed by atoms with Gasteiger partial charge in [0.2, 0.25) is 0 Å². The van der Waals surface area contributed by atoms with Crippen molar-refractivity contribution in [1.29, 1.82) is 0 Å². The van der Waals surface area contributed by atoms with Gasteiger partial charge in [-0.1, -0.05) is 198 Å². The lowest BCUT2D eigenvalue weighted by molar-refractivity contribution is 0.103. The van der Waals surface area contributed by atoms with E-state index in [1.165, 1.54) is 5.19 Å². The Hall–Kier alpha value is -5.38. The Labute approximate surface area is 357 Å². The molecule has 0 atom stereocenters. The number of nitrogens with two attached hydrogens (primary N) is 2. The second-order valence-corrected chi connectivity index (χ2v) is 20.1. The summed E-state index contributed by atoms with van der Waals surface area (Å²) >= 11 is 6.74. The standard InChI is InChI=1S/C19H14BrN.C13H10O.C9H15NSi.C6H6BrN.CH4O.CH4/c20-17-11-13-18(14-12-17)21-19(15-7-3-1-4-8-15)16-9-5-2-6-10-16;14-13(11-7-3-1-4-8-11)12-9-5-2-6-10-12;1-11(2,3)9-6-4-8(10)5-7-9;7-5-1-3-6(8)4-2-5;1-2;/h1-14H;1-10H;4-7H,10H2,1-3H3;1-4H,8H2;2H,1H3;1H4. The maximum atomic E-state index is 11.8. The highest BCUT2D eigenvalue weighted by molar-refractivity contribution is 9.10. The third-order valence-corrected chi connectivity index (χ3v) is 11.0. The summed E-state index contributed by atoms with van der Waals surface area (Å²) in [6.07, 6.45) is 0. The number of nitrogens with zero attached hydrogens (tertiary/aromatic N) is 1. The number of carbonyl (C=O) groups excluding carboxylic acids is 1. The number of ketones is 1. The molecular weight excluding hydrogens is 850 g/mol. The number of hydrogen-bond acceptors (Lipinski definition) is 5. The summed E-state index contributed by atoms with van der Waals surface area (Å²) in [6, 6.07) is 62.9. The number of hydrogen-bond donors (Lipinski definition) is 3. The molecule has 294 valence electrons. The van der Waals surface area contributed by atoms with Gasteiger partial charge in [0.1, 0.15) is 0 Å². The number of halogens is 2. The Kier molecular flexibility index (Phi) is 21.5. The third-order valence-electron chi connectivity index (χ3n) is 7.88. The van der Waals surface area contributed by atoms with E-state index < -0.39 is 8.07 Å². The van der Waals surface area contributed by atoms with E-state index in [2.05, 4.69) is 87.9 Å². The summed E-state index contributed by atoms with van der Waals surface area (Å²) < 4.78 is 2.12. The first-order valence-electron chi connectivity index (χ1n) is 17.9. The monoisotopic (exact) mass is 901 g/mol. The molecule has 0 spiro atoms. The van der Waals surface area contributed by atoms with E-state index in [9.17, 15) is 4.79 Å². The van der Waals surface area contributed by atoms with Crippen LogP contribution in [-0.2, 0) is 0 Å². The number of rotatable bonds is 6. The van der Waals surface area contributed by atoms with Gasteiger partial charge >= 0.3 is 0 Å². The van der Waals surface area contributed by atoms with Crippen LogP contribution in [0.5, 0.6) is 0 Å². The molecule has 0 fully saturated rings. The zero-order chi connectivity index (χ0) is 40.8. The second kappa shape index (κ2) is 25.7. The van der Waals surface area contributed by atoms with Crippen LogP contribution in [0.4, 0.5) is 17.1 Å². The van der Waals surface area contributed by atoms with E-state index in [4.69, 9.17) is 21.6 Å². The topological polar surface area (TPSA) is 102 Å². The molecule has 57 heavy (non-hydrogen) atoms. The van der Waals surface area contributed by atoms with E-state index in [1.54, 1.807) is 0 Å². The van der Waals surface area contributed by atoms with Crippen LogP contribution in [0.15, 0.2) is 208 Å². The molecule has 0 amide bonds. The molecule has 0 saturated heterocycles. The Balaban J connectivity index is 0.000000272. The van der Waals surface area contributed by atoms with Gasteiger partial charge in [-0.05, 0) is 60.7 Å². The predicted molar refractivity (Wildman–Crippen MR) is 256 cm³/mol. The first-order valence-corrected chi connectivity index (χ1v) is 23.0. The molecule has 0 unspecified atom stereocenters. The van der Waals surface area contributed by atoms with E-state index in [0.29, 0.717) is 0 Å². The Morgan fingerprint density at radius 2 is 0.772 bits per heavy atom. The Bertz CT molecular complexity index is 2060. The highest BCUT2D eigenvalue weighted by Gasteiger charge is 2.15. The van der Waals surface area contributed by atoms with E-state index in [0.717, 1.165) is 61.1 Å². The lowest BCUT2D eigenvalue weighted by Crippen LogP contribution is -2.37. The molecule has 7 rings (SSSR count). The number of anilines is 2. The summed E-state index contributed by atoms with van der Waals surface area (Å²) in [5.41, 5.74) is 18.3. The molecule has 0 aliphatic heterocycles. The minimum atomic E-state index is -1.11. The largest absolute Gasteiger partial charge is 0.400 e. The van der Waals surface area contributed by atoms with Crippen LogP contribution < -0.4 is 16.7 Å². The van der Waals surface area contributed by atoms with Crippen molar-refractivity contribution in [2.24, 2.45) is 4.99 Å². The lowest BCUT2D eigenvalue weighted by atomic mass is 10.0. The van der Waals surface area contributed by atoms with Crippen LogP contribution in [0.2, 0.25) is 19.6 Å². The molecule has 0 saturated carbocycles. The summed E-state index contributed by atoms with van der Waals surface area (Å²) in [4.78, 5) is 16.7. The molecule has 5 nitrogen and oxygen atoms in total. The smallest absolute Gasteiger partial charge is 0.193 e. The molecule has 0 bridgehead atoms. The van der Waals surface area contributed by atoms with Crippen molar-refractivity contribution in [3.8, 4) is 0 Å². The lowest BCUT2D eigenvalue weighted by Gasteiger charge is -2.15. The van der Waals surface area contributed by atoms with Crippen molar-refractivity contribution in [1.82, 2.24) is 0 Å².